The highest BCUT2D eigenvalue weighted by Gasteiger charge is 2.28. The standard InChI is InChI=1S/C27H34N6O6S/c1-18(34)28-17-23(35)31-22-16-29-25-21(12-15-33(25)40(37,38)20-8-6-5-7-9-20)24(22)30-19-10-13-32(14-11-19)26(36)39-27(2,3)4/h5-9,12,15-16,19H,10-11,13-14,17H2,1-4H3,(H,28,34)(H,29,30)(H,31,35). The van der Waals surface area contributed by atoms with Gasteiger partial charge in [-0.05, 0) is 51.8 Å². The van der Waals surface area contributed by atoms with E-state index in [0.717, 1.165) is 3.97 Å². The summed E-state index contributed by atoms with van der Waals surface area (Å²) in [5.74, 6) is -0.808. The largest absolute Gasteiger partial charge is 0.444 e. The Balaban J connectivity index is 1.63. The fourth-order valence-electron chi connectivity index (χ4n) is 4.35. The molecule has 3 aromatic rings. The van der Waals surface area contributed by atoms with Gasteiger partial charge in [0.15, 0.2) is 5.65 Å². The van der Waals surface area contributed by atoms with Gasteiger partial charge in [0, 0.05) is 37.6 Å². The molecule has 0 aliphatic carbocycles. The molecule has 1 aliphatic heterocycles. The zero-order chi connectivity index (χ0) is 29.1. The molecule has 3 N–H and O–H groups in total. The van der Waals surface area contributed by atoms with E-state index in [1.165, 1.54) is 31.5 Å². The van der Waals surface area contributed by atoms with E-state index >= 15 is 0 Å². The van der Waals surface area contributed by atoms with Gasteiger partial charge in [-0.15, -0.1) is 0 Å². The number of aromatic nitrogens is 2. The first-order valence-corrected chi connectivity index (χ1v) is 14.4. The van der Waals surface area contributed by atoms with Gasteiger partial charge in [-0.1, -0.05) is 18.2 Å². The topological polar surface area (TPSA) is 152 Å². The van der Waals surface area contributed by atoms with E-state index in [9.17, 15) is 22.8 Å². The number of nitrogens with one attached hydrogen (secondary N) is 3. The van der Waals surface area contributed by atoms with Crippen molar-refractivity contribution in [2.45, 2.75) is 57.1 Å². The van der Waals surface area contributed by atoms with Crippen molar-refractivity contribution in [3.05, 3.63) is 48.8 Å². The molecule has 0 atom stereocenters. The summed E-state index contributed by atoms with van der Waals surface area (Å²) in [6, 6.07) is 9.59. The van der Waals surface area contributed by atoms with Crippen LogP contribution in [0.1, 0.15) is 40.5 Å². The number of anilines is 2. The van der Waals surface area contributed by atoms with Crippen molar-refractivity contribution in [1.82, 2.24) is 19.2 Å². The summed E-state index contributed by atoms with van der Waals surface area (Å²) in [5.41, 5.74) is 0.440. The Morgan fingerprint density at radius 3 is 2.38 bits per heavy atom. The Labute approximate surface area is 233 Å². The Kier molecular flexibility index (Phi) is 8.33. The van der Waals surface area contributed by atoms with E-state index in [0.29, 0.717) is 42.7 Å². The second-order valence-electron chi connectivity index (χ2n) is 10.6. The number of carbonyl (C=O) groups is 3. The third kappa shape index (κ3) is 6.71. The number of fused-ring (bicyclic) bond motifs is 1. The maximum atomic E-state index is 13.4. The molecule has 4 rings (SSSR count). The summed E-state index contributed by atoms with van der Waals surface area (Å²) in [6.45, 7) is 7.47. The molecule has 1 aliphatic rings. The lowest BCUT2D eigenvalue weighted by molar-refractivity contribution is -0.122. The van der Waals surface area contributed by atoms with Crippen molar-refractivity contribution in [3.63, 3.8) is 0 Å². The zero-order valence-corrected chi connectivity index (χ0v) is 23.7. The van der Waals surface area contributed by atoms with Crippen molar-refractivity contribution in [3.8, 4) is 0 Å². The van der Waals surface area contributed by atoms with Gasteiger partial charge in [0.05, 0.1) is 29.0 Å². The Bertz CT molecular complexity index is 1510. The second kappa shape index (κ2) is 11.5. The number of likely N-dealkylation sites (tertiary alicyclic amines) is 1. The number of nitrogens with zero attached hydrogens (tertiary/aromatic N) is 3. The third-order valence-corrected chi connectivity index (χ3v) is 7.93. The van der Waals surface area contributed by atoms with Crippen LogP contribution >= 0.6 is 0 Å². The summed E-state index contributed by atoms with van der Waals surface area (Å²) in [4.78, 5) is 42.4. The third-order valence-electron chi connectivity index (χ3n) is 6.25. The summed E-state index contributed by atoms with van der Waals surface area (Å²) in [6.07, 6.45) is 3.66. The monoisotopic (exact) mass is 570 g/mol. The van der Waals surface area contributed by atoms with Gasteiger partial charge in [0.1, 0.15) is 5.60 Å². The van der Waals surface area contributed by atoms with Crippen LogP contribution in [0.25, 0.3) is 11.0 Å². The van der Waals surface area contributed by atoms with Gasteiger partial charge in [-0.3, -0.25) is 9.59 Å². The average molecular weight is 571 g/mol. The van der Waals surface area contributed by atoms with Crippen LogP contribution in [0.4, 0.5) is 16.2 Å². The second-order valence-corrected chi connectivity index (χ2v) is 12.4. The van der Waals surface area contributed by atoms with Crippen LogP contribution in [0.2, 0.25) is 0 Å². The van der Waals surface area contributed by atoms with Crippen LogP contribution in [-0.2, 0) is 24.3 Å². The van der Waals surface area contributed by atoms with Crippen LogP contribution in [0.5, 0.6) is 0 Å². The molecule has 214 valence electrons. The van der Waals surface area contributed by atoms with Gasteiger partial charge in [0.25, 0.3) is 10.0 Å². The maximum absolute atomic E-state index is 13.4. The molecule has 1 aromatic carbocycles. The molecule has 3 amide bonds. The molecule has 1 saturated heterocycles. The van der Waals surface area contributed by atoms with Crippen molar-refractivity contribution < 1.29 is 27.5 Å². The maximum Gasteiger partial charge on any atom is 0.410 e. The van der Waals surface area contributed by atoms with E-state index < -0.39 is 21.5 Å². The number of carbonyl (C=O) groups excluding carboxylic acids is 3. The fourth-order valence-corrected chi connectivity index (χ4v) is 5.67. The van der Waals surface area contributed by atoms with E-state index in [2.05, 4.69) is 20.9 Å². The van der Waals surface area contributed by atoms with Gasteiger partial charge < -0.3 is 25.6 Å². The Hall–Kier alpha value is -4.13. The summed E-state index contributed by atoms with van der Waals surface area (Å²) < 4.78 is 33.3. The summed E-state index contributed by atoms with van der Waals surface area (Å²) in [7, 11) is -3.92. The van der Waals surface area contributed by atoms with Crippen LogP contribution in [-0.4, -0.2) is 71.5 Å². The Morgan fingerprint density at radius 1 is 1.07 bits per heavy atom. The average Bonchev–Trinajstić information content (AvgIpc) is 3.34. The molecule has 0 bridgehead atoms. The van der Waals surface area contributed by atoms with Gasteiger partial charge >= 0.3 is 6.09 Å². The van der Waals surface area contributed by atoms with E-state index in [-0.39, 0.29) is 35.1 Å². The first-order chi connectivity index (χ1) is 18.8. The number of piperidine rings is 1. The molecule has 1 fully saturated rings. The highest BCUT2D eigenvalue weighted by atomic mass is 32.2. The summed E-state index contributed by atoms with van der Waals surface area (Å²) >= 11 is 0. The van der Waals surface area contributed by atoms with Crippen molar-refractivity contribution in [1.29, 1.82) is 0 Å². The van der Waals surface area contributed by atoms with Gasteiger partial charge in [-0.25, -0.2) is 22.2 Å². The number of ether oxygens (including phenoxy) is 1. The minimum Gasteiger partial charge on any atom is -0.444 e. The highest BCUT2D eigenvalue weighted by Crippen LogP contribution is 2.34. The first kappa shape index (κ1) is 28.9. The van der Waals surface area contributed by atoms with Crippen LogP contribution in [0.3, 0.4) is 0 Å². The lowest BCUT2D eigenvalue weighted by Gasteiger charge is -2.34. The smallest absolute Gasteiger partial charge is 0.410 e. The fraction of sp³-hybridized carbons (Fsp3) is 0.407. The minimum atomic E-state index is -3.92. The van der Waals surface area contributed by atoms with Crippen molar-refractivity contribution in [2.75, 3.05) is 30.3 Å². The Morgan fingerprint density at radius 2 is 1.75 bits per heavy atom. The number of rotatable bonds is 7. The number of benzene rings is 1. The molecule has 13 heteroatoms. The number of hydrogen-bond donors (Lipinski definition) is 3. The molecule has 12 nitrogen and oxygen atoms in total. The lowest BCUT2D eigenvalue weighted by Crippen LogP contribution is -2.44. The van der Waals surface area contributed by atoms with Crippen LogP contribution in [0.15, 0.2) is 53.7 Å². The molecule has 0 saturated carbocycles. The van der Waals surface area contributed by atoms with Crippen molar-refractivity contribution in [2.24, 2.45) is 0 Å². The first-order valence-electron chi connectivity index (χ1n) is 12.9. The molecule has 40 heavy (non-hydrogen) atoms. The van der Waals surface area contributed by atoms with E-state index in [4.69, 9.17) is 4.74 Å². The van der Waals surface area contributed by atoms with Crippen LogP contribution in [0, 0.1) is 0 Å². The van der Waals surface area contributed by atoms with Crippen LogP contribution < -0.4 is 16.0 Å². The number of hydrogen-bond acceptors (Lipinski definition) is 8. The normalized spacial score (nSPS) is 14.6. The van der Waals surface area contributed by atoms with E-state index in [1.807, 2.05) is 20.8 Å². The minimum absolute atomic E-state index is 0.0793. The molecular formula is C27H34N6O6S. The zero-order valence-electron chi connectivity index (χ0n) is 22.9. The molecule has 0 radical (unpaired) electrons. The molecule has 0 spiro atoms. The molecule has 0 unspecified atom stereocenters. The number of amides is 3. The SMILES string of the molecule is CC(=O)NCC(=O)Nc1cnc2c(ccn2S(=O)(=O)c2ccccc2)c1NC1CCN(C(=O)OC(C)(C)C)CC1. The molecular weight excluding hydrogens is 536 g/mol. The van der Waals surface area contributed by atoms with Gasteiger partial charge in [0.2, 0.25) is 11.8 Å². The lowest BCUT2D eigenvalue weighted by atomic mass is 10.0. The predicted octanol–water partition coefficient (Wildman–Crippen LogP) is 3.16. The van der Waals surface area contributed by atoms with Crippen molar-refractivity contribution >= 4 is 50.3 Å². The van der Waals surface area contributed by atoms with E-state index in [1.54, 1.807) is 29.2 Å². The molecule has 3 heterocycles. The quantitative estimate of drug-likeness (QED) is 0.392. The molecule has 2 aromatic heterocycles. The van der Waals surface area contributed by atoms with Gasteiger partial charge in [-0.2, -0.15) is 0 Å². The highest BCUT2D eigenvalue weighted by molar-refractivity contribution is 7.90. The summed E-state index contributed by atoms with van der Waals surface area (Å²) in [5, 5.41) is 9.15. The number of pyridine rings is 1. The predicted molar refractivity (Wildman–Crippen MR) is 151 cm³/mol.